The standard InChI is InChI=1S/C33H49NO4Si/c1-26(32(35)34(5)37-6)17-13-14-23-31-27(2)25-28(38-31)18-15-16-24-33(3,4)39(36,29-19-9-7-10-20-29)30-21-11-8-12-22-30/h7-12,19-22,26,28,31,36H,2,13-18,23-25H2,1,3-6H3/t26-,28?,31+/m1/s1. The number of carbonyl (C=O) groups excluding carboxylic acids is 1. The molecular formula is C33H49NO4Si. The summed E-state index contributed by atoms with van der Waals surface area (Å²) < 4.78 is 6.39. The number of carbonyl (C=O) groups is 1. The van der Waals surface area contributed by atoms with E-state index in [9.17, 15) is 9.59 Å². The summed E-state index contributed by atoms with van der Waals surface area (Å²) in [6.07, 6.45) is 9.28. The first-order valence-corrected chi connectivity index (χ1v) is 16.5. The molecule has 0 radical (unpaired) electrons. The van der Waals surface area contributed by atoms with Crippen molar-refractivity contribution in [2.45, 2.75) is 95.8 Å². The van der Waals surface area contributed by atoms with Gasteiger partial charge in [0.1, 0.15) is 0 Å². The van der Waals surface area contributed by atoms with Gasteiger partial charge in [-0.3, -0.25) is 9.63 Å². The summed E-state index contributed by atoms with van der Waals surface area (Å²) >= 11 is 0. The first kappa shape index (κ1) is 31.3. The number of hydroxylamine groups is 2. The van der Waals surface area contributed by atoms with Crippen LogP contribution >= 0.6 is 0 Å². The van der Waals surface area contributed by atoms with Gasteiger partial charge in [-0.25, -0.2) is 5.06 Å². The van der Waals surface area contributed by atoms with Crippen LogP contribution in [0.3, 0.4) is 0 Å². The van der Waals surface area contributed by atoms with Gasteiger partial charge in [0.15, 0.2) is 0 Å². The molecule has 1 amide bonds. The molecule has 1 unspecified atom stereocenters. The Morgan fingerprint density at radius 2 is 1.62 bits per heavy atom. The van der Waals surface area contributed by atoms with Crippen molar-refractivity contribution in [2.24, 2.45) is 5.92 Å². The fourth-order valence-corrected chi connectivity index (χ4v) is 9.76. The number of ether oxygens (including phenoxy) is 1. The van der Waals surface area contributed by atoms with Crippen molar-refractivity contribution in [3.63, 3.8) is 0 Å². The van der Waals surface area contributed by atoms with Gasteiger partial charge in [-0.05, 0) is 53.1 Å². The second-order valence-corrected chi connectivity index (χ2v) is 15.8. The predicted molar refractivity (Wildman–Crippen MR) is 162 cm³/mol. The molecule has 1 heterocycles. The zero-order valence-electron chi connectivity index (χ0n) is 24.7. The van der Waals surface area contributed by atoms with Gasteiger partial charge < -0.3 is 9.53 Å². The zero-order valence-corrected chi connectivity index (χ0v) is 25.7. The summed E-state index contributed by atoms with van der Waals surface area (Å²) in [6.45, 7) is 10.7. The monoisotopic (exact) mass is 551 g/mol. The average molecular weight is 552 g/mol. The highest BCUT2D eigenvalue weighted by Gasteiger charge is 2.49. The lowest BCUT2D eigenvalue weighted by Crippen LogP contribution is -2.65. The molecule has 3 atom stereocenters. The molecule has 1 aliphatic heterocycles. The number of unbranched alkanes of at least 4 members (excludes halogenated alkanes) is 2. The van der Waals surface area contributed by atoms with E-state index in [1.54, 1.807) is 7.05 Å². The van der Waals surface area contributed by atoms with Gasteiger partial charge in [-0.2, -0.15) is 0 Å². The first-order chi connectivity index (χ1) is 18.6. The van der Waals surface area contributed by atoms with E-state index in [2.05, 4.69) is 44.7 Å². The van der Waals surface area contributed by atoms with Crippen LogP contribution in [0, 0.1) is 5.92 Å². The van der Waals surface area contributed by atoms with Crippen molar-refractivity contribution in [1.82, 2.24) is 5.06 Å². The fourth-order valence-electron chi connectivity index (χ4n) is 5.97. The van der Waals surface area contributed by atoms with Crippen LogP contribution in [0.4, 0.5) is 0 Å². The van der Waals surface area contributed by atoms with Gasteiger partial charge in [-0.1, -0.05) is 114 Å². The normalized spacial score (nSPS) is 18.8. The summed E-state index contributed by atoms with van der Waals surface area (Å²) in [4.78, 5) is 29.5. The number of nitrogens with zero attached hydrogens (tertiary/aromatic N) is 1. The summed E-state index contributed by atoms with van der Waals surface area (Å²) in [5.74, 6) is -0.0138. The summed E-state index contributed by atoms with van der Waals surface area (Å²) in [5, 5.41) is 3.24. The van der Waals surface area contributed by atoms with Gasteiger partial charge in [-0.15, -0.1) is 0 Å². The lowest BCUT2D eigenvalue weighted by atomic mass is 9.98. The van der Waals surface area contributed by atoms with E-state index >= 15 is 0 Å². The summed E-state index contributed by atoms with van der Waals surface area (Å²) in [5.41, 5.74) is 1.21. The molecule has 39 heavy (non-hydrogen) atoms. The Balaban J connectivity index is 1.46. The zero-order chi connectivity index (χ0) is 28.5. The Morgan fingerprint density at radius 1 is 1.05 bits per heavy atom. The number of rotatable bonds is 15. The molecule has 2 aromatic carbocycles. The maximum atomic E-state index is 12.3. The molecule has 1 aliphatic rings. The van der Waals surface area contributed by atoms with Crippen molar-refractivity contribution >= 4 is 24.6 Å². The SMILES string of the molecule is C=C1CC(CCCCC(C)(C)[Si](O)(c2ccccc2)c2ccccc2)O[C@H]1CCCC[C@@H](C)C(=O)N(C)OC. The van der Waals surface area contributed by atoms with Gasteiger partial charge in [0.05, 0.1) is 19.3 Å². The van der Waals surface area contributed by atoms with E-state index in [1.807, 2.05) is 43.3 Å². The van der Waals surface area contributed by atoms with E-state index in [4.69, 9.17) is 9.57 Å². The molecule has 6 heteroatoms. The van der Waals surface area contributed by atoms with Crippen LogP contribution in [0.5, 0.6) is 0 Å². The fraction of sp³-hybridized carbons (Fsp3) is 0.545. The van der Waals surface area contributed by atoms with Crippen molar-refractivity contribution < 1.29 is 19.2 Å². The van der Waals surface area contributed by atoms with Crippen LogP contribution in [0.1, 0.15) is 78.6 Å². The van der Waals surface area contributed by atoms with Crippen molar-refractivity contribution in [2.75, 3.05) is 14.2 Å². The number of benzene rings is 2. The van der Waals surface area contributed by atoms with Crippen molar-refractivity contribution in [3.8, 4) is 0 Å². The van der Waals surface area contributed by atoms with Crippen LogP contribution in [0.2, 0.25) is 5.04 Å². The second-order valence-electron chi connectivity index (χ2n) is 11.9. The quantitative estimate of drug-likeness (QED) is 0.127. The largest absolute Gasteiger partial charge is 0.424 e. The third-order valence-corrected chi connectivity index (χ3v) is 13.1. The Bertz CT molecular complexity index is 1000. The minimum Gasteiger partial charge on any atom is -0.424 e. The Kier molecular flexibility index (Phi) is 11.5. The molecule has 1 saturated heterocycles. The highest BCUT2D eigenvalue weighted by atomic mass is 28.4. The van der Waals surface area contributed by atoms with Crippen LogP contribution < -0.4 is 10.4 Å². The van der Waals surface area contributed by atoms with Crippen LogP contribution in [0.25, 0.3) is 0 Å². The summed E-state index contributed by atoms with van der Waals surface area (Å²) in [6, 6.07) is 20.5. The Hall–Kier alpha value is -2.25. The molecule has 1 N–H and O–H groups in total. The van der Waals surface area contributed by atoms with E-state index in [1.165, 1.54) is 17.7 Å². The van der Waals surface area contributed by atoms with Gasteiger partial charge in [0, 0.05) is 13.0 Å². The lowest BCUT2D eigenvalue weighted by molar-refractivity contribution is -0.173. The van der Waals surface area contributed by atoms with Gasteiger partial charge >= 0.3 is 0 Å². The number of hydrogen-bond acceptors (Lipinski definition) is 4. The molecule has 1 fully saturated rings. The molecule has 0 bridgehead atoms. The van der Waals surface area contributed by atoms with E-state index in [-0.39, 0.29) is 29.1 Å². The maximum absolute atomic E-state index is 12.3. The minimum absolute atomic E-state index is 0.0240. The number of hydrogen-bond donors (Lipinski definition) is 1. The van der Waals surface area contributed by atoms with Gasteiger partial charge in [0.25, 0.3) is 8.32 Å². The molecule has 2 aromatic rings. The maximum Gasteiger partial charge on any atom is 0.258 e. The molecule has 0 saturated carbocycles. The first-order valence-electron chi connectivity index (χ1n) is 14.6. The highest BCUT2D eigenvalue weighted by molar-refractivity contribution is 6.98. The molecule has 214 valence electrons. The van der Waals surface area contributed by atoms with Crippen LogP contribution in [0.15, 0.2) is 72.8 Å². The highest BCUT2D eigenvalue weighted by Crippen LogP contribution is 2.41. The topological polar surface area (TPSA) is 59.0 Å². The smallest absolute Gasteiger partial charge is 0.258 e. The minimum atomic E-state index is -2.95. The van der Waals surface area contributed by atoms with E-state index in [0.717, 1.165) is 68.2 Å². The van der Waals surface area contributed by atoms with E-state index < -0.39 is 8.32 Å². The lowest BCUT2D eigenvalue weighted by Gasteiger charge is -2.41. The molecule has 0 spiro atoms. The molecule has 0 aromatic heterocycles. The third kappa shape index (κ3) is 7.91. The Labute approximate surface area is 237 Å². The molecule has 0 aliphatic carbocycles. The molecule has 5 nitrogen and oxygen atoms in total. The van der Waals surface area contributed by atoms with Crippen molar-refractivity contribution in [1.29, 1.82) is 0 Å². The second kappa shape index (κ2) is 14.4. The van der Waals surface area contributed by atoms with Crippen LogP contribution in [-0.2, 0) is 14.4 Å². The van der Waals surface area contributed by atoms with Crippen molar-refractivity contribution in [3.05, 3.63) is 72.8 Å². The average Bonchev–Trinajstić information content (AvgIpc) is 3.31. The Morgan fingerprint density at radius 3 is 2.18 bits per heavy atom. The molecule has 3 rings (SSSR count). The van der Waals surface area contributed by atoms with E-state index in [0.29, 0.717) is 0 Å². The molecular weight excluding hydrogens is 502 g/mol. The number of amides is 1. The third-order valence-electron chi connectivity index (χ3n) is 8.60. The summed E-state index contributed by atoms with van der Waals surface area (Å²) in [7, 11) is 0.222. The van der Waals surface area contributed by atoms with Gasteiger partial charge in [0.2, 0.25) is 5.91 Å². The predicted octanol–water partition coefficient (Wildman–Crippen LogP) is 6.01. The van der Waals surface area contributed by atoms with Crippen LogP contribution in [-0.4, -0.2) is 50.4 Å².